The maximum absolute atomic E-state index is 4.52. The van der Waals surface area contributed by atoms with Gasteiger partial charge in [-0.1, -0.05) is 13.0 Å². The van der Waals surface area contributed by atoms with Gasteiger partial charge in [-0.3, -0.25) is 4.98 Å². The molecule has 1 N–H and O–H groups in total. The zero-order chi connectivity index (χ0) is 13.6. The molecular weight excluding hydrogens is 222 g/mol. The average Bonchev–Trinajstić information content (AvgIpc) is 2.27. The molecule has 1 rings (SSSR count). The van der Waals surface area contributed by atoms with Crippen molar-refractivity contribution in [3.8, 4) is 0 Å². The van der Waals surface area contributed by atoms with E-state index in [4.69, 9.17) is 0 Å². The van der Waals surface area contributed by atoms with E-state index < -0.39 is 0 Å². The first-order valence-corrected chi connectivity index (χ1v) is 6.78. The highest BCUT2D eigenvalue weighted by molar-refractivity contribution is 5.19. The number of pyridine rings is 1. The van der Waals surface area contributed by atoms with Gasteiger partial charge in [-0.25, -0.2) is 0 Å². The van der Waals surface area contributed by atoms with Gasteiger partial charge in [0.2, 0.25) is 0 Å². The Bertz CT molecular complexity index is 355. The quantitative estimate of drug-likeness (QED) is 0.840. The molecule has 0 aromatic carbocycles. The van der Waals surface area contributed by atoms with Crippen molar-refractivity contribution in [1.29, 1.82) is 0 Å². The molecule has 0 fully saturated rings. The van der Waals surface area contributed by atoms with Gasteiger partial charge < -0.3 is 10.2 Å². The summed E-state index contributed by atoms with van der Waals surface area (Å²) in [5, 5.41) is 3.53. The Balaban J connectivity index is 2.67. The first-order chi connectivity index (χ1) is 8.42. The van der Waals surface area contributed by atoms with Gasteiger partial charge in [0.1, 0.15) is 0 Å². The van der Waals surface area contributed by atoms with Gasteiger partial charge in [-0.15, -0.1) is 0 Å². The summed E-state index contributed by atoms with van der Waals surface area (Å²) in [5.74, 6) is 0. The summed E-state index contributed by atoms with van der Waals surface area (Å²) in [4.78, 5) is 6.84. The number of aromatic nitrogens is 1. The summed E-state index contributed by atoms with van der Waals surface area (Å²) in [5.41, 5.74) is 2.63. The van der Waals surface area contributed by atoms with Crippen molar-refractivity contribution < 1.29 is 0 Å². The predicted molar refractivity (Wildman–Crippen MR) is 77.5 cm³/mol. The number of nitrogens with zero attached hydrogens (tertiary/aromatic N) is 2. The first-order valence-electron chi connectivity index (χ1n) is 6.78. The summed E-state index contributed by atoms with van der Waals surface area (Å²) in [6.07, 6.45) is 3.06. The van der Waals surface area contributed by atoms with Crippen molar-refractivity contribution in [1.82, 2.24) is 15.2 Å². The van der Waals surface area contributed by atoms with E-state index in [0.29, 0.717) is 0 Å². The molecule has 1 heterocycles. The van der Waals surface area contributed by atoms with E-state index in [1.165, 1.54) is 17.7 Å². The zero-order valence-corrected chi connectivity index (χ0v) is 12.5. The number of rotatable bonds is 6. The fourth-order valence-electron chi connectivity index (χ4n) is 1.85. The fourth-order valence-corrected chi connectivity index (χ4v) is 1.85. The van der Waals surface area contributed by atoms with E-state index in [2.05, 4.69) is 56.0 Å². The lowest BCUT2D eigenvalue weighted by molar-refractivity contribution is 0.321. The Morgan fingerprint density at radius 2 is 2.06 bits per heavy atom. The van der Waals surface area contributed by atoms with Crippen molar-refractivity contribution in [3.05, 3.63) is 29.6 Å². The number of hydrogen-bond acceptors (Lipinski definition) is 3. The third-order valence-electron chi connectivity index (χ3n) is 2.82. The lowest BCUT2D eigenvalue weighted by Crippen LogP contribution is -2.35. The van der Waals surface area contributed by atoms with Crippen LogP contribution in [0.4, 0.5) is 0 Å². The molecular formula is C15H27N3. The summed E-state index contributed by atoms with van der Waals surface area (Å²) < 4.78 is 0. The minimum absolute atomic E-state index is 0.141. The van der Waals surface area contributed by atoms with E-state index in [0.717, 1.165) is 19.6 Å². The molecule has 0 aliphatic heterocycles. The van der Waals surface area contributed by atoms with Crippen molar-refractivity contribution in [2.24, 2.45) is 0 Å². The smallest absolute Gasteiger partial charge is 0.0588 e. The fraction of sp³-hybridized carbons (Fsp3) is 0.667. The van der Waals surface area contributed by atoms with Crippen LogP contribution in [-0.2, 0) is 13.1 Å². The van der Waals surface area contributed by atoms with Crippen LogP contribution in [0.15, 0.2) is 18.3 Å². The molecule has 0 saturated carbocycles. The molecule has 0 aliphatic carbocycles. The Morgan fingerprint density at radius 1 is 1.33 bits per heavy atom. The van der Waals surface area contributed by atoms with Crippen molar-refractivity contribution in [2.75, 3.05) is 13.6 Å². The highest BCUT2D eigenvalue weighted by atomic mass is 15.1. The van der Waals surface area contributed by atoms with E-state index in [1.807, 2.05) is 12.3 Å². The second-order valence-electron chi connectivity index (χ2n) is 5.95. The van der Waals surface area contributed by atoms with Gasteiger partial charge in [0.05, 0.1) is 5.69 Å². The maximum atomic E-state index is 4.52. The van der Waals surface area contributed by atoms with Crippen LogP contribution >= 0.6 is 0 Å². The minimum atomic E-state index is 0.141. The van der Waals surface area contributed by atoms with E-state index >= 15 is 0 Å². The molecule has 0 bridgehead atoms. The van der Waals surface area contributed by atoms with E-state index in [-0.39, 0.29) is 5.54 Å². The minimum Gasteiger partial charge on any atom is -0.308 e. The molecule has 3 heteroatoms. The van der Waals surface area contributed by atoms with Crippen LogP contribution in [0, 0.1) is 0 Å². The monoisotopic (exact) mass is 249 g/mol. The van der Waals surface area contributed by atoms with Gasteiger partial charge in [0.25, 0.3) is 0 Å². The molecule has 0 amide bonds. The zero-order valence-electron chi connectivity index (χ0n) is 12.5. The standard InChI is InChI=1S/C15H27N3/c1-6-10-18(5)12-14-13(8-7-9-16-14)11-17-15(2,3)4/h7-9,17H,6,10-12H2,1-5H3. The number of hydrogen-bond donors (Lipinski definition) is 1. The Morgan fingerprint density at radius 3 is 2.67 bits per heavy atom. The molecule has 18 heavy (non-hydrogen) atoms. The van der Waals surface area contributed by atoms with Crippen LogP contribution in [0.2, 0.25) is 0 Å². The molecule has 102 valence electrons. The molecule has 0 spiro atoms. The molecule has 1 aromatic rings. The summed E-state index contributed by atoms with van der Waals surface area (Å²) in [7, 11) is 2.15. The van der Waals surface area contributed by atoms with Crippen LogP contribution < -0.4 is 5.32 Å². The lowest BCUT2D eigenvalue weighted by Gasteiger charge is -2.22. The van der Waals surface area contributed by atoms with Crippen LogP contribution in [0.25, 0.3) is 0 Å². The van der Waals surface area contributed by atoms with E-state index in [1.54, 1.807) is 0 Å². The first kappa shape index (κ1) is 15.1. The molecule has 0 aliphatic rings. The van der Waals surface area contributed by atoms with Crippen molar-refractivity contribution >= 4 is 0 Å². The Hall–Kier alpha value is -0.930. The molecule has 0 radical (unpaired) electrons. The largest absolute Gasteiger partial charge is 0.308 e. The van der Waals surface area contributed by atoms with Gasteiger partial charge >= 0.3 is 0 Å². The van der Waals surface area contributed by atoms with Crippen LogP contribution in [0.3, 0.4) is 0 Å². The molecule has 0 saturated heterocycles. The van der Waals surface area contributed by atoms with Crippen molar-refractivity contribution in [3.63, 3.8) is 0 Å². The molecule has 3 nitrogen and oxygen atoms in total. The summed E-state index contributed by atoms with van der Waals surface area (Å²) in [6, 6.07) is 4.18. The van der Waals surface area contributed by atoms with Crippen molar-refractivity contribution in [2.45, 2.75) is 52.7 Å². The lowest BCUT2D eigenvalue weighted by atomic mass is 10.1. The molecule has 0 unspecified atom stereocenters. The highest BCUT2D eigenvalue weighted by Gasteiger charge is 2.11. The number of nitrogens with one attached hydrogen (secondary N) is 1. The molecule has 0 atom stereocenters. The normalized spacial score (nSPS) is 12.1. The van der Waals surface area contributed by atoms with Crippen LogP contribution in [0.5, 0.6) is 0 Å². The van der Waals surface area contributed by atoms with Gasteiger partial charge in [0, 0.05) is 24.8 Å². The highest BCUT2D eigenvalue weighted by Crippen LogP contribution is 2.10. The predicted octanol–water partition coefficient (Wildman–Crippen LogP) is 2.81. The third-order valence-corrected chi connectivity index (χ3v) is 2.82. The average molecular weight is 249 g/mol. The van der Waals surface area contributed by atoms with Crippen LogP contribution in [-0.4, -0.2) is 29.0 Å². The van der Waals surface area contributed by atoms with Gasteiger partial charge in [-0.05, 0) is 52.4 Å². The topological polar surface area (TPSA) is 28.2 Å². The van der Waals surface area contributed by atoms with Gasteiger partial charge in [0.15, 0.2) is 0 Å². The third kappa shape index (κ3) is 5.61. The SMILES string of the molecule is CCCN(C)Cc1ncccc1CNC(C)(C)C. The Kier molecular flexibility index (Phi) is 5.76. The van der Waals surface area contributed by atoms with E-state index in [9.17, 15) is 0 Å². The second kappa shape index (κ2) is 6.86. The van der Waals surface area contributed by atoms with Gasteiger partial charge in [-0.2, -0.15) is 0 Å². The second-order valence-corrected chi connectivity index (χ2v) is 5.95. The maximum Gasteiger partial charge on any atom is 0.0588 e. The Labute approximate surface area is 112 Å². The van der Waals surface area contributed by atoms with Crippen LogP contribution in [0.1, 0.15) is 45.4 Å². The summed E-state index contributed by atoms with van der Waals surface area (Å²) in [6.45, 7) is 11.7. The molecule has 1 aromatic heterocycles. The summed E-state index contributed by atoms with van der Waals surface area (Å²) >= 11 is 0.